The second kappa shape index (κ2) is 9.65. The number of alkyl halides is 3. The van der Waals surface area contributed by atoms with Crippen LogP contribution in [0.1, 0.15) is 29.2 Å². The molecule has 0 bridgehead atoms. The highest BCUT2D eigenvalue weighted by molar-refractivity contribution is 6.40. The first-order chi connectivity index (χ1) is 15.8. The van der Waals surface area contributed by atoms with Gasteiger partial charge in [-0.05, 0) is 25.1 Å². The summed E-state index contributed by atoms with van der Waals surface area (Å²) in [6, 6.07) is 5.62. The number of halogens is 6. The van der Waals surface area contributed by atoms with Gasteiger partial charge in [0.05, 0.1) is 21.3 Å². The Labute approximate surface area is 199 Å². The maximum atomic E-state index is 15.0. The molecule has 3 rings (SSSR count). The Balaban J connectivity index is 2.12. The fraction of sp³-hybridized carbons (Fsp3) is 0.250. The zero-order valence-corrected chi connectivity index (χ0v) is 19.0. The van der Waals surface area contributed by atoms with Crippen LogP contribution in [0.15, 0.2) is 35.1 Å². The Morgan fingerprint density at radius 3 is 2.41 bits per heavy atom. The number of benzene rings is 2. The molecule has 1 atom stereocenters. The van der Waals surface area contributed by atoms with Crippen molar-refractivity contribution in [2.24, 2.45) is 7.05 Å². The summed E-state index contributed by atoms with van der Waals surface area (Å²) in [4.78, 5) is 25.3. The summed E-state index contributed by atoms with van der Waals surface area (Å²) in [5.74, 6) is -3.06. The molecule has 34 heavy (non-hydrogen) atoms. The summed E-state index contributed by atoms with van der Waals surface area (Å²) in [5.41, 5.74) is -2.17. The summed E-state index contributed by atoms with van der Waals surface area (Å²) in [6.07, 6.45) is -5.98. The molecule has 0 saturated heterocycles. The van der Waals surface area contributed by atoms with Gasteiger partial charge in [-0.1, -0.05) is 29.3 Å². The molecule has 14 heteroatoms. The van der Waals surface area contributed by atoms with Crippen LogP contribution in [-0.2, 0) is 7.05 Å². The molecule has 3 aromatic rings. The molecule has 2 N–H and O–H groups in total. The zero-order chi connectivity index (χ0) is 25.4. The van der Waals surface area contributed by atoms with E-state index < -0.39 is 53.3 Å². The van der Waals surface area contributed by atoms with Crippen LogP contribution < -0.4 is 15.7 Å². The zero-order valence-electron chi connectivity index (χ0n) is 17.5. The van der Waals surface area contributed by atoms with E-state index in [9.17, 15) is 32.3 Å². The van der Waals surface area contributed by atoms with Gasteiger partial charge in [0.15, 0.2) is 12.4 Å². The third-order valence-corrected chi connectivity index (χ3v) is 5.13. The minimum Gasteiger partial charge on any atom is -0.483 e. The van der Waals surface area contributed by atoms with Gasteiger partial charge < -0.3 is 15.2 Å². The molecular formula is C20H16Cl2F4N4O4. The molecule has 182 valence electrons. The van der Waals surface area contributed by atoms with E-state index in [0.717, 1.165) is 10.6 Å². The highest BCUT2D eigenvalue weighted by atomic mass is 35.5. The number of aliphatic hydroxyl groups is 1. The van der Waals surface area contributed by atoms with E-state index >= 15 is 0 Å². The van der Waals surface area contributed by atoms with E-state index in [1.54, 1.807) is 0 Å². The standard InChI is InChI=1S/C20H16Cl2F4N4O4/c1-9(31)17-28-30(19(33)29(17)2)14-7-15(34-8-20(24,25)26)10(6-13(14)23)18(32)27-16-11(21)4-3-5-12(16)22/h3-7,9,31H,8H2,1-2H3,(H,27,32). The fourth-order valence-electron chi connectivity index (χ4n) is 2.93. The van der Waals surface area contributed by atoms with Crippen molar-refractivity contribution < 1.29 is 32.2 Å². The first kappa shape index (κ1) is 25.5. The Morgan fingerprint density at radius 2 is 1.88 bits per heavy atom. The van der Waals surface area contributed by atoms with E-state index in [4.69, 9.17) is 27.9 Å². The highest BCUT2D eigenvalue weighted by Crippen LogP contribution is 2.32. The Morgan fingerprint density at radius 1 is 1.26 bits per heavy atom. The number of aromatic nitrogens is 3. The monoisotopic (exact) mass is 522 g/mol. The summed E-state index contributed by atoms with van der Waals surface area (Å²) < 4.78 is 59.6. The molecule has 1 amide bonds. The fourth-order valence-corrected chi connectivity index (χ4v) is 3.42. The van der Waals surface area contributed by atoms with E-state index in [-0.39, 0.29) is 21.6 Å². The SMILES string of the molecule is CC(O)c1nn(-c2cc(OCC(F)(F)F)c(C(=O)Nc3c(Cl)cccc3Cl)cc2F)c(=O)n1C. The summed E-state index contributed by atoms with van der Waals surface area (Å²) in [6.45, 7) is -0.491. The number of anilines is 1. The number of aliphatic hydroxyl groups excluding tert-OH is 1. The number of para-hydroxylation sites is 1. The molecule has 1 aromatic heterocycles. The lowest BCUT2D eigenvalue weighted by Gasteiger charge is -2.16. The summed E-state index contributed by atoms with van der Waals surface area (Å²) in [7, 11) is 1.27. The molecular weight excluding hydrogens is 507 g/mol. The largest absolute Gasteiger partial charge is 0.483 e. The van der Waals surface area contributed by atoms with Crippen LogP contribution in [0.3, 0.4) is 0 Å². The van der Waals surface area contributed by atoms with Crippen LogP contribution in [0.5, 0.6) is 5.75 Å². The lowest BCUT2D eigenvalue weighted by molar-refractivity contribution is -0.153. The van der Waals surface area contributed by atoms with Crippen molar-refractivity contribution in [3.63, 3.8) is 0 Å². The third kappa shape index (κ3) is 5.34. The first-order valence-electron chi connectivity index (χ1n) is 9.43. The van der Waals surface area contributed by atoms with Crippen molar-refractivity contribution >= 4 is 34.8 Å². The minimum atomic E-state index is -4.78. The topological polar surface area (TPSA) is 98.4 Å². The van der Waals surface area contributed by atoms with E-state index in [2.05, 4.69) is 10.4 Å². The molecule has 0 aliphatic rings. The lowest BCUT2D eigenvalue weighted by Crippen LogP contribution is -2.24. The molecule has 0 aliphatic heterocycles. The third-order valence-electron chi connectivity index (χ3n) is 4.50. The molecule has 0 radical (unpaired) electrons. The number of carbonyl (C=O) groups is 1. The van der Waals surface area contributed by atoms with Crippen LogP contribution in [0, 0.1) is 5.82 Å². The molecule has 0 aliphatic carbocycles. The average Bonchev–Trinajstić information content (AvgIpc) is 3.04. The number of nitrogens with one attached hydrogen (secondary N) is 1. The van der Waals surface area contributed by atoms with E-state index in [1.807, 2.05) is 0 Å². The van der Waals surface area contributed by atoms with E-state index in [0.29, 0.717) is 10.7 Å². The Bertz CT molecular complexity index is 1280. The van der Waals surface area contributed by atoms with Crippen molar-refractivity contribution in [3.05, 3.63) is 68.1 Å². The van der Waals surface area contributed by atoms with Gasteiger partial charge in [-0.15, -0.1) is 5.10 Å². The smallest absolute Gasteiger partial charge is 0.422 e. The van der Waals surface area contributed by atoms with Gasteiger partial charge in [-0.25, -0.2) is 9.18 Å². The maximum Gasteiger partial charge on any atom is 0.422 e. The van der Waals surface area contributed by atoms with Crippen LogP contribution in [0.4, 0.5) is 23.2 Å². The van der Waals surface area contributed by atoms with Gasteiger partial charge in [0.25, 0.3) is 5.91 Å². The van der Waals surface area contributed by atoms with Gasteiger partial charge in [0.2, 0.25) is 0 Å². The number of ether oxygens (including phenoxy) is 1. The summed E-state index contributed by atoms with van der Waals surface area (Å²) >= 11 is 12.0. The van der Waals surface area contributed by atoms with Crippen LogP contribution in [0.25, 0.3) is 5.69 Å². The van der Waals surface area contributed by atoms with Crippen molar-refractivity contribution in [3.8, 4) is 11.4 Å². The second-order valence-electron chi connectivity index (χ2n) is 7.04. The van der Waals surface area contributed by atoms with Gasteiger partial charge >= 0.3 is 11.9 Å². The summed E-state index contributed by atoms with van der Waals surface area (Å²) in [5, 5.41) is 15.9. The molecule has 0 saturated carbocycles. The minimum absolute atomic E-state index is 0.0291. The van der Waals surface area contributed by atoms with Crippen LogP contribution >= 0.6 is 23.2 Å². The molecule has 1 unspecified atom stereocenters. The quantitative estimate of drug-likeness (QED) is 0.471. The van der Waals surface area contributed by atoms with Gasteiger partial charge in [0, 0.05) is 13.1 Å². The number of hydrogen-bond acceptors (Lipinski definition) is 5. The number of amides is 1. The number of nitrogens with zero attached hydrogens (tertiary/aromatic N) is 3. The molecule has 0 spiro atoms. The van der Waals surface area contributed by atoms with Crippen LogP contribution in [-0.4, -0.2) is 38.1 Å². The van der Waals surface area contributed by atoms with Gasteiger partial charge in [-0.3, -0.25) is 9.36 Å². The van der Waals surface area contributed by atoms with Gasteiger partial charge in [-0.2, -0.15) is 17.9 Å². The maximum absolute atomic E-state index is 15.0. The highest BCUT2D eigenvalue weighted by Gasteiger charge is 2.30. The number of hydrogen-bond donors (Lipinski definition) is 2. The van der Waals surface area contributed by atoms with Crippen LogP contribution in [0.2, 0.25) is 10.0 Å². The van der Waals surface area contributed by atoms with Crippen molar-refractivity contribution in [1.29, 1.82) is 0 Å². The molecule has 0 fully saturated rings. The van der Waals surface area contributed by atoms with Crippen molar-refractivity contribution in [2.75, 3.05) is 11.9 Å². The average molecular weight is 523 g/mol. The Kier molecular flexibility index (Phi) is 7.24. The second-order valence-corrected chi connectivity index (χ2v) is 7.86. The predicted molar refractivity (Wildman–Crippen MR) is 115 cm³/mol. The molecule has 2 aromatic carbocycles. The lowest BCUT2D eigenvalue weighted by atomic mass is 10.1. The number of rotatable bonds is 6. The van der Waals surface area contributed by atoms with E-state index in [1.165, 1.54) is 32.2 Å². The van der Waals surface area contributed by atoms with Gasteiger partial charge in [0.1, 0.15) is 23.4 Å². The first-order valence-corrected chi connectivity index (χ1v) is 10.2. The normalized spacial score (nSPS) is 12.5. The number of carbonyl (C=O) groups excluding carboxylic acids is 1. The van der Waals surface area contributed by atoms with Crippen molar-refractivity contribution in [1.82, 2.24) is 14.3 Å². The molecule has 8 nitrogen and oxygen atoms in total. The Hall–Kier alpha value is -3.09. The molecule has 1 heterocycles. The predicted octanol–water partition coefficient (Wildman–Crippen LogP) is 4.26. The van der Waals surface area contributed by atoms with Crippen molar-refractivity contribution in [2.45, 2.75) is 19.2 Å².